The highest BCUT2D eigenvalue weighted by Gasteiger charge is 2.31. The van der Waals surface area contributed by atoms with Gasteiger partial charge in [-0.25, -0.2) is 0 Å². The average molecular weight is 300 g/mol. The van der Waals surface area contributed by atoms with E-state index < -0.39 is 0 Å². The molecular weight excluding hydrogens is 262 g/mol. The zero-order valence-electron chi connectivity index (χ0n) is 14.9. The molecule has 0 atom stereocenters. The molecule has 0 aromatic rings. The van der Waals surface area contributed by atoms with E-state index >= 15 is 0 Å². The molecule has 0 saturated carbocycles. The minimum atomic E-state index is 0.190. The number of β-amino-alcohol motifs (C(OH)–C–C–N with tert-alkyl or cyclic N) is 1. The largest absolute Gasteiger partial charge is 0.395 e. The first-order valence-electron chi connectivity index (χ1n) is 8.65. The zero-order chi connectivity index (χ0) is 15.9. The fourth-order valence-electron chi connectivity index (χ4n) is 3.02. The number of aliphatic hydroxyl groups excluding tert-OH is 1. The number of hydrogen-bond acceptors (Lipinski definition) is 4. The summed E-state index contributed by atoms with van der Waals surface area (Å²) in [4.78, 5) is 4.98. The van der Waals surface area contributed by atoms with Crippen molar-refractivity contribution in [3.8, 4) is 0 Å². The molecule has 4 nitrogen and oxygen atoms in total. The number of rotatable bonds is 8. The molecule has 0 amide bonds. The standard InChI is InChI=1S/C17H37N3O/c1-6-17(7-2,14-18-16(3,4)5)15-20-10-8-19(9-11-20)12-13-21/h18,21H,6-15H2,1-5H3. The summed E-state index contributed by atoms with van der Waals surface area (Å²) in [5.74, 6) is 0. The third-order valence-electron chi connectivity index (χ3n) is 4.93. The lowest BCUT2D eigenvalue weighted by Gasteiger charge is -2.42. The average Bonchev–Trinajstić information content (AvgIpc) is 2.45. The molecule has 1 heterocycles. The van der Waals surface area contributed by atoms with Gasteiger partial charge in [0.15, 0.2) is 0 Å². The number of hydrogen-bond donors (Lipinski definition) is 2. The summed E-state index contributed by atoms with van der Waals surface area (Å²) in [6.07, 6.45) is 2.45. The third-order valence-corrected chi connectivity index (χ3v) is 4.93. The van der Waals surface area contributed by atoms with Crippen molar-refractivity contribution < 1.29 is 5.11 Å². The highest BCUT2D eigenvalue weighted by molar-refractivity contribution is 4.87. The van der Waals surface area contributed by atoms with Gasteiger partial charge in [0.2, 0.25) is 0 Å². The first-order valence-corrected chi connectivity index (χ1v) is 8.65. The van der Waals surface area contributed by atoms with Gasteiger partial charge < -0.3 is 15.3 Å². The van der Waals surface area contributed by atoms with Crippen LogP contribution in [0.4, 0.5) is 0 Å². The lowest BCUT2D eigenvalue weighted by Crippen LogP contribution is -2.53. The van der Waals surface area contributed by atoms with Crippen molar-refractivity contribution in [3.63, 3.8) is 0 Å². The van der Waals surface area contributed by atoms with E-state index in [4.69, 9.17) is 5.11 Å². The van der Waals surface area contributed by atoms with Gasteiger partial charge in [0, 0.05) is 51.4 Å². The Hall–Kier alpha value is -0.160. The van der Waals surface area contributed by atoms with Crippen LogP contribution in [0.2, 0.25) is 0 Å². The quantitative estimate of drug-likeness (QED) is 0.717. The molecule has 0 aromatic carbocycles. The van der Waals surface area contributed by atoms with E-state index in [0.717, 1.165) is 39.3 Å². The maximum Gasteiger partial charge on any atom is 0.0558 e. The Morgan fingerprint density at radius 2 is 1.48 bits per heavy atom. The molecule has 2 N–H and O–H groups in total. The molecule has 1 fully saturated rings. The molecule has 0 radical (unpaired) electrons. The van der Waals surface area contributed by atoms with Gasteiger partial charge in [-0.2, -0.15) is 0 Å². The topological polar surface area (TPSA) is 38.7 Å². The summed E-state index contributed by atoms with van der Waals surface area (Å²) in [5, 5.41) is 12.7. The summed E-state index contributed by atoms with van der Waals surface area (Å²) in [6, 6.07) is 0. The minimum absolute atomic E-state index is 0.190. The molecule has 0 bridgehead atoms. The fourth-order valence-corrected chi connectivity index (χ4v) is 3.02. The molecule has 1 saturated heterocycles. The van der Waals surface area contributed by atoms with Crippen LogP contribution in [0.5, 0.6) is 0 Å². The lowest BCUT2D eigenvalue weighted by molar-refractivity contribution is 0.0675. The van der Waals surface area contributed by atoms with Gasteiger partial charge in [-0.15, -0.1) is 0 Å². The van der Waals surface area contributed by atoms with Crippen LogP contribution >= 0.6 is 0 Å². The van der Waals surface area contributed by atoms with E-state index in [9.17, 15) is 0 Å². The smallest absolute Gasteiger partial charge is 0.0558 e. The minimum Gasteiger partial charge on any atom is -0.395 e. The summed E-state index contributed by atoms with van der Waals surface area (Å²) in [5.41, 5.74) is 0.571. The Morgan fingerprint density at radius 1 is 0.952 bits per heavy atom. The maximum absolute atomic E-state index is 9.03. The van der Waals surface area contributed by atoms with Crippen LogP contribution in [0.3, 0.4) is 0 Å². The van der Waals surface area contributed by atoms with E-state index in [1.807, 2.05) is 0 Å². The Balaban J connectivity index is 2.50. The molecule has 0 spiro atoms. The van der Waals surface area contributed by atoms with Gasteiger partial charge in [0.05, 0.1) is 6.61 Å². The van der Waals surface area contributed by atoms with Gasteiger partial charge in [0.25, 0.3) is 0 Å². The maximum atomic E-state index is 9.03. The van der Waals surface area contributed by atoms with E-state index in [1.165, 1.54) is 19.4 Å². The van der Waals surface area contributed by atoms with Gasteiger partial charge in [-0.05, 0) is 39.0 Å². The highest BCUT2D eigenvalue weighted by atomic mass is 16.3. The van der Waals surface area contributed by atoms with Crippen LogP contribution in [0.25, 0.3) is 0 Å². The molecule has 21 heavy (non-hydrogen) atoms. The van der Waals surface area contributed by atoms with E-state index in [1.54, 1.807) is 0 Å². The molecule has 1 rings (SSSR count). The molecular formula is C17H37N3O. The van der Waals surface area contributed by atoms with E-state index in [-0.39, 0.29) is 12.1 Å². The Labute approximate surface area is 131 Å². The molecule has 0 aromatic heterocycles. The first-order chi connectivity index (χ1) is 9.84. The number of nitrogens with one attached hydrogen (secondary N) is 1. The van der Waals surface area contributed by atoms with Crippen LogP contribution < -0.4 is 5.32 Å². The van der Waals surface area contributed by atoms with Crippen LogP contribution in [-0.2, 0) is 0 Å². The van der Waals surface area contributed by atoms with E-state index in [0.29, 0.717) is 5.41 Å². The predicted molar refractivity (Wildman–Crippen MR) is 90.7 cm³/mol. The molecule has 0 unspecified atom stereocenters. The SMILES string of the molecule is CCC(CC)(CNC(C)(C)C)CN1CCN(CCO)CC1. The summed E-state index contributed by atoms with van der Waals surface area (Å²) < 4.78 is 0. The summed E-state index contributed by atoms with van der Waals surface area (Å²) >= 11 is 0. The Bertz CT molecular complexity index is 276. The number of nitrogens with zero attached hydrogens (tertiary/aromatic N) is 2. The lowest BCUT2D eigenvalue weighted by atomic mass is 9.80. The monoisotopic (exact) mass is 299 g/mol. The molecule has 4 heteroatoms. The van der Waals surface area contributed by atoms with Crippen molar-refractivity contribution in [1.29, 1.82) is 0 Å². The Kier molecular flexibility index (Phi) is 7.62. The summed E-state index contributed by atoms with van der Waals surface area (Å²) in [7, 11) is 0. The van der Waals surface area contributed by atoms with Crippen LogP contribution in [0, 0.1) is 5.41 Å². The molecule has 1 aliphatic heterocycles. The third kappa shape index (κ3) is 6.64. The normalized spacial score (nSPS) is 19.1. The number of piperazine rings is 1. The van der Waals surface area contributed by atoms with Crippen molar-refractivity contribution >= 4 is 0 Å². The Morgan fingerprint density at radius 3 is 1.90 bits per heavy atom. The van der Waals surface area contributed by atoms with Gasteiger partial charge >= 0.3 is 0 Å². The van der Waals surface area contributed by atoms with Crippen molar-refractivity contribution in [3.05, 3.63) is 0 Å². The van der Waals surface area contributed by atoms with Crippen LogP contribution in [0.1, 0.15) is 47.5 Å². The van der Waals surface area contributed by atoms with Crippen molar-refractivity contribution in [2.45, 2.75) is 53.0 Å². The molecule has 1 aliphatic rings. The zero-order valence-corrected chi connectivity index (χ0v) is 14.9. The molecule has 0 aliphatic carbocycles. The molecule has 126 valence electrons. The van der Waals surface area contributed by atoms with Gasteiger partial charge in [-0.3, -0.25) is 4.90 Å². The second-order valence-electron chi connectivity index (χ2n) is 7.65. The fraction of sp³-hybridized carbons (Fsp3) is 1.00. The van der Waals surface area contributed by atoms with Crippen LogP contribution in [0.15, 0.2) is 0 Å². The highest BCUT2D eigenvalue weighted by Crippen LogP contribution is 2.28. The second kappa shape index (κ2) is 8.47. The second-order valence-corrected chi connectivity index (χ2v) is 7.65. The first kappa shape index (κ1) is 18.9. The van der Waals surface area contributed by atoms with Gasteiger partial charge in [-0.1, -0.05) is 13.8 Å². The van der Waals surface area contributed by atoms with E-state index in [2.05, 4.69) is 49.7 Å². The van der Waals surface area contributed by atoms with Gasteiger partial charge in [0.1, 0.15) is 0 Å². The van der Waals surface area contributed by atoms with Crippen molar-refractivity contribution in [2.24, 2.45) is 5.41 Å². The summed E-state index contributed by atoms with van der Waals surface area (Å²) in [6.45, 7) is 19.3. The number of aliphatic hydroxyl groups is 1. The van der Waals surface area contributed by atoms with Crippen LogP contribution in [-0.4, -0.2) is 72.9 Å². The van der Waals surface area contributed by atoms with Crippen molar-refractivity contribution in [1.82, 2.24) is 15.1 Å². The predicted octanol–water partition coefficient (Wildman–Crippen LogP) is 1.79. The van der Waals surface area contributed by atoms with Crippen molar-refractivity contribution in [2.75, 3.05) is 52.4 Å².